The van der Waals surface area contributed by atoms with Crippen molar-refractivity contribution in [1.29, 1.82) is 0 Å². The Morgan fingerprint density at radius 1 is 1.03 bits per heavy atom. The smallest absolute Gasteiger partial charge is 0.416 e. The fourth-order valence-corrected chi connectivity index (χ4v) is 4.69. The van der Waals surface area contributed by atoms with Gasteiger partial charge in [-0.1, -0.05) is 40.9 Å². The molecule has 1 unspecified atom stereocenters. The molecule has 1 heterocycles. The van der Waals surface area contributed by atoms with Gasteiger partial charge in [0.25, 0.3) is 0 Å². The second-order valence-electron chi connectivity index (χ2n) is 9.56. The molecule has 1 aliphatic heterocycles. The number of rotatable bonds is 4. The number of hydrogen-bond acceptors (Lipinski definition) is 3. The molecule has 5 nitrogen and oxygen atoms in total. The predicted molar refractivity (Wildman–Crippen MR) is 131 cm³/mol. The molecule has 1 N–H and O–H groups in total. The minimum atomic E-state index is -5.14. The highest BCUT2D eigenvalue weighted by Gasteiger charge is 2.65. The molecule has 2 amide bonds. The Morgan fingerprint density at radius 2 is 1.61 bits per heavy atom. The Morgan fingerprint density at radius 3 is 2.11 bits per heavy atom. The van der Waals surface area contributed by atoms with E-state index in [2.05, 4.69) is 5.32 Å². The van der Waals surface area contributed by atoms with Gasteiger partial charge in [0.05, 0.1) is 20.6 Å². The van der Waals surface area contributed by atoms with Crippen LogP contribution in [0.25, 0.3) is 0 Å². The number of alkyl carbamates (subject to hydrolysis) is 1. The largest absolute Gasteiger partial charge is 0.444 e. The van der Waals surface area contributed by atoms with Crippen molar-refractivity contribution in [3.8, 4) is 0 Å². The average molecular weight is 606 g/mol. The van der Waals surface area contributed by atoms with Gasteiger partial charge in [0, 0.05) is 18.8 Å². The second kappa shape index (κ2) is 10.3. The van der Waals surface area contributed by atoms with E-state index in [-0.39, 0.29) is 20.6 Å². The second-order valence-corrected chi connectivity index (χ2v) is 10.8. The van der Waals surface area contributed by atoms with Crippen LogP contribution in [0.2, 0.25) is 15.1 Å². The van der Waals surface area contributed by atoms with Crippen LogP contribution in [0.1, 0.15) is 43.9 Å². The molecule has 1 saturated heterocycles. The van der Waals surface area contributed by atoms with E-state index in [9.17, 15) is 35.9 Å². The molecule has 0 spiro atoms. The summed E-state index contributed by atoms with van der Waals surface area (Å²) in [5.74, 6) is -1.49. The molecular weight excluding hydrogens is 585 g/mol. The van der Waals surface area contributed by atoms with Crippen LogP contribution in [0.3, 0.4) is 0 Å². The number of carbonyl (C=O) groups is 2. The SMILES string of the molecule is CC(C)(C)OC(=O)NCc1ccc(N2CCC(c3cc(Cl)c(Cl)c(Cl)c3)(C(F)(F)F)C2=O)cc1C(F)(F)F. The van der Waals surface area contributed by atoms with Crippen LogP contribution < -0.4 is 10.2 Å². The van der Waals surface area contributed by atoms with Gasteiger partial charge >= 0.3 is 18.4 Å². The molecule has 2 aromatic carbocycles. The van der Waals surface area contributed by atoms with Crippen LogP contribution in [0.15, 0.2) is 30.3 Å². The van der Waals surface area contributed by atoms with Crippen molar-refractivity contribution in [2.75, 3.05) is 11.4 Å². The Hall–Kier alpha value is -2.37. The maximum absolute atomic E-state index is 14.4. The zero-order valence-corrected chi connectivity index (χ0v) is 22.3. The molecule has 38 heavy (non-hydrogen) atoms. The van der Waals surface area contributed by atoms with Gasteiger partial charge in [-0.2, -0.15) is 26.3 Å². The van der Waals surface area contributed by atoms with E-state index in [0.29, 0.717) is 11.0 Å². The number of ether oxygens (including phenoxy) is 1. The highest BCUT2D eigenvalue weighted by atomic mass is 35.5. The van der Waals surface area contributed by atoms with Crippen LogP contribution in [-0.4, -0.2) is 30.3 Å². The van der Waals surface area contributed by atoms with Gasteiger partial charge in [-0.05, 0) is 62.6 Å². The van der Waals surface area contributed by atoms with Gasteiger partial charge in [0.2, 0.25) is 5.91 Å². The predicted octanol–water partition coefficient (Wildman–Crippen LogP) is 7.93. The van der Waals surface area contributed by atoms with Crippen molar-refractivity contribution >= 4 is 52.5 Å². The minimum Gasteiger partial charge on any atom is -0.444 e. The number of benzene rings is 2. The molecule has 208 valence electrons. The monoisotopic (exact) mass is 604 g/mol. The fraction of sp³-hybridized carbons (Fsp3) is 0.417. The van der Waals surface area contributed by atoms with Crippen molar-refractivity contribution in [3.05, 3.63) is 62.1 Å². The highest BCUT2D eigenvalue weighted by molar-refractivity contribution is 6.48. The van der Waals surface area contributed by atoms with Crippen LogP contribution in [0.4, 0.5) is 36.8 Å². The molecule has 3 rings (SSSR count). The number of anilines is 1. The maximum Gasteiger partial charge on any atom is 0.416 e. The molecule has 1 fully saturated rings. The van der Waals surface area contributed by atoms with Crippen molar-refractivity contribution in [2.45, 2.75) is 57.1 Å². The summed E-state index contributed by atoms with van der Waals surface area (Å²) < 4.78 is 89.9. The van der Waals surface area contributed by atoms with Crippen molar-refractivity contribution in [2.24, 2.45) is 0 Å². The lowest BCUT2D eigenvalue weighted by Gasteiger charge is -2.31. The van der Waals surface area contributed by atoms with Crippen LogP contribution in [0, 0.1) is 0 Å². The lowest BCUT2D eigenvalue weighted by atomic mass is 9.78. The third kappa shape index (κ3) is 5.94. The molecule has 0 aromatic heterocycles. The lowest BCUT2D eigenvalue weighted by Crippen LogP contribution is -2.49. The maximum atomic E-state index is 14.4. The molecule has 0 radical (unpaired) electrons. The zero-order chi connectivity index (χ0) is 28.8. The summed E-state index contributed by atoms with van der Waals surface area (Å²) in [7, 11) is 0. The molecule has 1 atom stereocenters. The van der Waals surface area contributed by atoms with Crippen molar-refractivity contribution in [1.82, 2.24) is 5.32 Å². The molecule has 2 aromatic rings. The highest BCUT2D eigenvalue weighted by Crippen LogP contribution is 2.51. The lowest BCUT2D eigenvalue weighted by molar-refractivity contribution is -0.190. The third-order valence-electron chi connectivity index (χ3n) is 5.81. The van der Waals surface area contributed by atoms with E-state index in [1.807, 2.05) is 0 Å². The zero-order valence-electron chi connectivity index (χ0n) is 20.1. The average Bonchev–Trinajstić information content (AvgIpc) is 3.12. The summed E-state index contributed by atoms with van der Waals surface area (Å²) in [6, 6.07) is 4.37. The summed E-state index contributed by atoms with van der Waals surface area (Å²) in [5, 5.41) is 1.37. The minimum absolute atomic E-state index is 0.206. The summed E-state index contributed by atoms with van der Waals surface area (Å²) in [4.78, 5) is 25.8. The van der Waals surface area contributed by atoms with Gasteiger partial charge in [-0.3, -0.25) is 4.79 Å². The summed E-state index contributed by atoms with van der Waals surface area (Å²) in [5.41, 5.74) is -6.59. The Kier molecular flexibility index (Phi) is 8.19. The van der Waals surface area contributed by atoms with E-state index in [0.717, 1.165) is 24.3 Å². The van der Waals surface area contributed by atoms with Gasteiger partial charge in [0.1, 0.15) is 5.60 Å². The molecule has 0 aliphatic carbocycles. The number of hydrogen-bond donors (Lipinski definition) is 1. The third-order valence-corrected chi connectivity index (χ3v) is 7.01. The van der Waals surface area contributed by atoms with Crippen molar-refractivity contribution in [3.63, 3.8) is 0 Å². The number of carbonyl (C=O) groups excluding carboxylic acids is 2. The number of alkyl halides is 6. The first kappa shape index (κ1) is 30.2. The first-order chi connectivity index (χ1) is 17.3. The van der Waals surface area contributed by atoms with Crippen molar-refractivity contribution < 1.29 is 40.7 Å². The van der Waals surface area contributed by atoms with E-state index in [1.54, 1.807) is 20.8 Å². The van der Waals surface area contributed by atoms with E-state index >= 15 is 0 Å². The number of halogens is 9. The normalized spacial score (nSPS) is 18.6. The van der Waals surface area contributed by atoms with Crippen LogP contribution in [0.5, 0.6) is 0 Å². The quantitative estimate of drug-likeness (QED) is 0.285. The number of nitrogens with zero attached hydrogens (tertiary/aromatic N) is 1. The van der Waals surface area contributed by atoms with Gasteiger partial charge in [-0.15, -0.1) is 0 Å². The Bertz CT molecular complexity index is 1240. The standard InChI is InChI=1S/C24H21Cl3F6N2O3/c1-21(2,3)38-20(37)34-11-12-4-5-14(10-15(12)23(28,29)30)35-7-6-22(19(35)36,24(31,32)33)13-8-16(25)18(27)17(26)9-13/h4-5,8-10H,6-7,11H2,1-3H3,(H,34,37). The molecule has 0 bridgehead atoms. The summed E-state index contributed by atoms with van der Waals surface area (Å²) in [6.07, 6.45) is -11.8. The molecule has 1 aliphatic rings. The van der Waals surface area contributed by atoms with Gasteiger partial charge in [0.15, 0.2) is 5.41 Å². The molecule has 14 heteroatoms. The first-order valence-electron chi connectivity index (χ1n) is 11.0. The van der Waals surface area contributed by atoms with Crippen LogP contribution in [-0.2, 0) is 27.7 Å². The summed E-state index contributed by atoms with van der Waals surface area (Å²) >= 11 is 17.7. The topological polar surface area (TPSA) is 58.6 Å². The number of nitrogens with one attached hydrogen (secondary N) is 1. The number of amides is 2. The fourth-order valence-electron chi connectivity index (χ4n) is 4.09. The van der Waals surface area contributed by atoms with Gasteiger partial charge < -0.3 is 15.0 Å². The molecular formula is C24H21Cl3F6N2O3. The van der Waals surface area contributed by atoms with Crippen LogP contribution >= 0.6 is 34.8 Å². The van der Waals surface area contributed by atoms with E-state index in [1.165, 1.54) is 0 Å². The first-order valence-corrected chi connectivity index (χ1v) is 12.1. The Balaban J connectivity index is 2.00. The van der Waals surface area contributed by atoms with E-state index < -0.39 is 71.7 Å². The van der Waals surface area contributed by atoms with E-state index in [4.69, 9.17) is 39.5 Å². The molecule has 0 saturated carbocycles. The summed E-state index contributed by atoms with van der Waals surface area (Å²) in [6.45, 7) is 3.60. The Labute approximate surface area is 229 Å². The van der Waals surface area contributed by atoms with Gasteiger partial charge in [-0.25, -0.2) is 4.79 Å².